The van der Waals surface area contributed by atoms with Gasteiger partial charge in [0.25, 0.3) is 5.91 Å². The SMILES string of the molecule is Cc1[nH]nc(C(=O)Nc2ccc3nc(-c4ccc(F)cc4)[nH]c3c2)c1Br. The minimum Gasteiger partial charge on any atom is -0.338 e. The van der Waals surface area contributed by atoms with Crippen LogP contribution in [0, 0.1) is 12.7 Å². The maximum absolute atomic E-state index is 13.1. The van der Waals surface area contributed by atoms with Crippen LogP contribution in [0.1, 0.15) is 16.2 Å². The number of amides is 1. The quantitative estimate of drug-likeness (QED) is 0.464. The van der Waals surface area contributed by atoms with E-state index < -0.39 is 0 Å². The first-order valence-corrected chi connectivity index (χ1v) is 8.58. The Morgan fingerprint density at radius 2 is 1.96 bits per heavy atom. The predicted octanol–water partition coefficient (Wildman–Crippen LogP) is 4.42. The monoisotopic (exact) mass is 413 g/mol. The zero-order chi connectivity index (χ0) is 18.3. The second kappa shape index (κ2) is 6.38. The lowest BCUT2D eigenvalue weighted by molar-refractivity contribution is 0.102. The Labute approximate surface area is 156 Å². The lowest BCUT2D eigenvalue weighted by Gasteiger charge is -2.03. The largest absolute Gasteiger partial charge is 0.338 e. The fourth-order valence-electron chi connectivity index (χ4n) is 2.59. The molecule has 2 heterocycles. The number of benzene rings is 2. The van der Waals surface area contributed by atoms with Crippen LogP contribution in [0.15, 0.2) is 46.9 Å². The molecule has 0 aliphatic carbocycles. The Morgan fingerprint density at radius 3 is 2.65 bits per heavy atom. The van der Waals surface area contributed by atoms with Crippen molar-refractivity contribution in [1.29, 1.82) is 0 Å². The second-order valence-corrected chi connectivity index (χ2v) is 6.58. The van der Waals surface area contributed by atoms with Crippen molar-refractivity contribution in [3.8, 4) is 11.4 Å². The van der Waals surface area contributed by atoms with Gasteiger partial charge in [-0.2, -0.15) is 5.10 Å². The summed E-state index contributed by atoms with van der Waals surface area (Å²) in [5.74, 6) is 0.0163. The van der Waals surface area contributed by atoms with E-state index in [4.69, 9.17) is 0 Å². The number of anilines is 1. The van der Waals surface area contributed by atoms with Crippen LogP contribution < -0.4 is 5.32 Å². The highest BCUT2D eigenvalue weighted by Crippen LogP contribution is 2.24. The first-order valence-electron chi connectivity index (χ1n) is 7.79. The summed E-state index contributed by atoms with van der Waals surface area (Å²) in [6.07, 6.45) is 0. The zero-order valence-corrected chi connectivity index (χ0v) is 15.2. The Balaban J connectivity index is 1.62. The van der Waals surface area contributed by atoms with Gasteiger partial charge in [-0.25, -0.2) is 9.37 Å². The maximum atomic E-state index is 13.1. The van der Waals surface area contributed by atoms with Crippen molar-refractivity contribution in [2.75, 3.05) is 5.32 Å². The van der Waals surface area contributed by atoms with Crippen molar-refractivity contribution in [2.24, 2.45) is 0 Å². The molecule has 6 nitrogen and oxygen atoms in total. The van der Waals surface area contributed by atoms with E-state index in [1.54, 1.807) is 30.3 Å². The van der Waals surface area contributed by atoms with Crippen LogP contribution in [-0.4, -0.2) is 26.1 Å². The molecule has 2 aromatic heterocycles. The summed E-state index contributed by atoms with van der Waals surface area (Å²) < 4.78 is 13.7. The summed E-state index contributed by atoms with van der Waals surface area (Å²) in [5.41, 5.74) is 3.98. The van der Waals surface area contributed by atoms with Crippen molar-refractivity contribution in [3.05, 3.63) is 64.1 Å². The summed E-state index contributed by atoms with van der Waals surface area (Å²) in [7, 11) is 0. The average Bonchev–Trinajstić information content (AvgIpc) is 3.19. The molecular formula is C18H13BrFN5O. The van der Waals surface area contributed by atoms with Gasteiger partial charge in [-0.15, -0.1) is 0 Å². The van der Waals surface area contributed by atoms with E-state index in [1.807, 2.05) is 6.92 Å². The molecule has 0 spiro atoms. The lowest BCUT2D eigenvalue weighted by atomic mass is 10.2. The number of hydrogen-bond acceptors (Lipinski definition) is 3. The molecule has 0 unspecified atom stereocenters. The Kier molecular flexibility index (Phi) is 4.04. The van der Waals surface area contributed by atoms with Crippen molar-refractivity contribution < 1.29 is 9.18 Å². The summed E-state index contributed by atoms with van der Waals surface area (Å²) >= 11 is 3.34. The normalized spacial score (nSPS) is 11.0. The number of aryl methyl sites for hydroxylation is 1. The molecule has 0 bridgehead atoms. The second-order valence-electron chi connectivity index (χ2n) is 5.79. The van der Waals surface area contributed by atoms with Gasteiger partial charge in [-0.1, -0.05) is 0 Å². The molecule has 4 aromatic rings. The third kappa shape index (κ3) is 2.99. The molecule has 4 rings (SSSR count). The Hall–Kier alpha value is -3.00. The summed E-state index contributed by atoms with van der Waals surface area (Å²) in [6.45, 7) is 1.82. The molecule has 0 aliphatic heterocycles. The van der Waals surface area contributed by atoms with E-state index in [1.165, 1.54) is 12.1 Å². The molecule has 0 radical (unpaired) electrons. The molecule has 26 heavy (non-hydrogen) atoms. The van der Waals surface area contributed by atoms with Crippen LogP contribution in [0.4, 0.5) is 10.1 Å². The third-order valence-electron chi connectivity index (χ3n) is 3.95. The van der Waals surface area contributed by atoms with Crippen LogP contribution in [0.25, 0.3) is 22.4 Å². The van der Waals surface area contributed by atoms with E-state index in [2.05, 4.69) is 41.4 Å². The zero-order valence-electron chi connectivity index (χ0n) is 13.6. The van der Waals surface area contributed by atoms with Crippen LogP contribution in [0.5, 0.6) is 0 Å². The van der Waals surface area contributed by atoms with Crippen LogP contribution in [0.3, 0.4) is 0 Å². The minimum absolute atomic E-state index is 0.291. The Bertz CT molecular complexity index is 1120. The first-order chi connectivity index (χ1) is 12.5. The van der Waals surface area contributed by atoms with Gasteiger partial charge in [-0.3, -0.25) is 9.89 Å². The van der Waals surface area contributed by atoms with Crippen LogP contribution in [0.2, 0.25) is 0 Å². The van der Waals surface area contributed by atoms with Gasteiger partial charge in [0.1, 0.15) is 11.6 Å². The number of H-pyrrole nitrogens is 2. The van der Waals surface area contributed by atoms with E-state index in [9.17, 15) is 9.18 Å². The van der Waals surface area contributed by atoms with Gasteiger partial charge in [0, 0.05) is 16.9 Å². The number of imidazole rings is 1. The molecular weight excluding hydrogens is 401 g/mol. The molecule has 3 N–H and O–H groups in total. The smallest absolute Gasteiger partial charge is 0.277 e. The summed E-state index contributed by atoms with van der Waals surface area (Å²) in [4.78, 5) is 20.0. The number of nitrogens with zero attached hydrogens (tertiary/aromatic N) is 2. The number of fused-ring (bicyclic) bond motifs is 1. The third-order valence-corrected chi connectivity index (χ3v) is 4.92. The van der Waals surface area contributed by atoms with Gasteiger partial charge in [-0.05, 0) is 65.3 Å². The maximum Gasteiger partial charge on any atom is 0.277 e. The van der Waals surface area contributed by atoms with Gasteiger partial charge in [0.2, 0.25) is 0 Å². The highest BCUT2D eigenvalue weighted by molar-refractivity contribution is 9.10. The number of rotatable bonds is 3. The average molecular weight is 414 g/mol. The summed E-state index contributed by atoms with van der Waals surface area (Å²) in [5, 5.41) is 9.56. The molecule has 2 aromatic carbocycles. The van der Waals surface area contributed by atoms with Crippen molar-refractivity contribution >= 4 is 38.6 Å². The molecule has 8 heteroatoms. The summed E-state index contributed by atoms with van der Waals surface area (Å²) in [6, 6.07) is 11.5. The number of aromatic amines is 2. The van der Waals surface area contributed by atoms with Crippen molar-refractivity contribution in [1.82, 2.24) is 20.2 Å². The van der Waals surface area contributed by atoms with Gasteiger partial charge in [0.15, 0.2) is 5.69 Å². The van der Waals surface area contributed by atoms with Crippen molar-refractivity contribution in [3.63, 3.8) is 0 Å². The molecule has 0 saturated carbocycles. The first kappa shape index (κ1) is 16.5. The number of nitrogens with one attached hydrogen (secondary N) is 3. The molecule has 1 amide bonds. The number of hydrogen-bond donors (Lipinski definition) is 3. The van der Waals surface area contributed by atoms with E-state index in [0.29, 0.717) is 21.7 Å². The van der Waals surface area contributed by atoms with Crippen LogP contribution >= 0.6 is 15.9 Å². The number of aromatic nitrogens is 4. The highest BCUT2D eigenvalue weighted by atomic mass is 79.9. The molecule has 0 fully saturated rings. The van der Waals surface area contributed by atoms with E-state index >= 15 is 0 Å². The fourth-order valence-corrected chi connectivity index (χ4v) is 2.95. The molecule has 0 saturated heterocycles. The number of halogens is 2. The Morgan fingerprint density at radius 1 is 1.19 bits per heavy atom. The lowest BCUT2D eigenvalue weighted by Crippen LogP contribution is -2.13. The highest BCUT2D eigenvalue weighted by Gasteiger charge is 2.16. The molecule has 0 aliphatic rings. The van der Waals surface area contributed by atoms with Crippen LogP contribution in [-0.2, 0) is 0 Å². The standard InChI is InChI=1S/C18H13BrFN5O/c1-9-15(19)16(25-24-9)18(26)21-12-6-7-13-14(8-12)23-17(22-13)10-2-4-11(20)5-3-10/h2-8H,1H3,(H,21,26)(H,22,23)(H,24,25). The van der Waals surface area contributed by atoms with Gasteiger partial charge >= 0.3 is 0 Å². The van der Waals surface area contributed by atoms with E-state index in [-0.39, 0.29) is 11.7 Å². The molecule has 0 atom stereocenters. The molecule has 130 valence electrons. The predicted molar refractivity (Wildman–Crippen MR) is 100 cm³/mol. The van der Waals surface area contributed by atoms with E-state index in [0.717, 1.165) is 22.3 Å². The van der Waals surface area contributed by atoms with Crippen molar-refractivity contribution in [2.45, 2.75) is 6.92 Å². The number of carbonyl (C=O) groups is 1. The topological polar surface area (TPSA) is 86.5 Å². The number of carbonyl (C=O) groups excluding carboxylic acids is 1. The van der Waals surface area contributed by atoms with Gasteiger partial charge < -0.3 is 10.3 Å². The minimum atomic E-state index is -0.321. The fraction of sp³-hybridized carbons (Fsp3) is 0.0556. The van der Waals surface area contributed by atoms with Gasteiger partial charge in [0.05, 0.1) is 15.5 Å².